The van der Waals surface area contributed by atoms with Gasteiger partial charge < -0.3 is 10.1 Å². The van der Waals surface area contributed by atoms with Gasteiger partial charge in [0.2, 0.25) is 5.88 Å². The van der Waals surface area contributed by atoms with E-state index >= 15 is 0 Å². The van der Waals surface area contributed by atoms with Gasteiger partial charge in [-0.2, -0.15) is 0 Å². The maximum atomic E-state index is 6.15. The number of aromatic nitrogens is 1. The standard InChI is InChI=1S/C13H19ClN2O/c1-17-12-9-11(5-8-15-12)16-13(10-14)6-3-2-4-7-13/h5,8-9H,2-4,6-7,10H2,1H3,(H,15,16). The van der Waals surface area contributed by atoms with Gasteiger partial charge in [-0.15, -0.1) is 11.6 Å². The summed E-state index contributed by atoms with van der Waals surface area (Å²) < 4.78 is 5.13. The Labute approximate surface area is 108 Å². The molecule has 1 aromatic heterocycles. The van der Waals surface area contributed by atoms with Crippen LogP contribution < -0.4 is 10.1 Å². The van der Waals surface area contributed by atoms with Crippen LogP contribution in [-0.4, -0.2) is 23.5 Å². The van der Waals surface area contributed by atoms with Gasteiger partial charge >= 0.3 is 0 Å². The van der Waals surface area contributed by atoms with Crippen LogP contribution in [0, 0.1) is 0 Å². The third kappa shape index (κ3) is 3.03. The van der Waals surface area contributed by atoms with Gasteiger partial charge in [-0.25, -0.2) is 4.98 Å². The maximum Gasteiger partial charge on any atom is 0.214 e. The number of rotatable bonds is 4. The fourth-order valence-corrected chi connectivity index (χ4v) is 2.76. The number of halogens is 1. The van der Waals surface area contributed by atoms with Crippen molar-refractivity contribution in [1.29, 1.82) is 0 Å². The van der Waals surface area contributed by atoms with E-state index in [0.29, 0.717) is 11.8 Å². The lowest BCUT2D eigenvalue weighted by atomic mass is 9.83. The summed E-state index contributed by atoms with van der Waals surface area (Å²) in [6.45, 7) is 0. The fraction of sp³-hybridized carbons (Fsp3) is 0.615. The number of nitrogens with zero attached hydrogens (tertiary/aromatic N) is 1. The highest BCUT2D eigenvalue weighted by Crippen LogP contribution is 2.33. The number of methoxy groups -OCH3 is 1. The molecule has 4 heteroatoms. The predicted octanol–water partition coefficient (Wildman–Crippen LogP) is 3.44. The monoisotopic (exact) mass is 254 g/mol. The van der Waals surface area contributed by atoms with Crippen LogP contribution in [0.1, 0.15) is 32.1 Å². The van der Waals surface area contributed by atoms with Crippen molar-refractivity contribution in [3.05, 3.63) is 18.3 Å². The smallest absolute Gasteiger partial charge is 0.214 e. The molecule has 94 valence electrons. The molecule has 0 spiro atoms. The van der Waals surface area contributed by atoms with Gasteiger partial charge in [0.05, 0.1) is 12.6 Å². The first kappa shape index (κ1) is 12.5. The highest BCUT2D eigenvalue weighted by Gasteiger charge is 2.30. The van der Waals surface area contributed by atoms with E-state index in [0.717, 1.165) is 18.5 Å². The molecular weight excluding hydrogens is 236 g/mol. The lowest BCUT2D eigenvalue weighted by Crippen LogP contribution is -2.42. The number of ether oxygens (including phenoxy) is 1. The summed E-state index contributed by atoms with van der Waals surface area (Å²) in [6.07, 6.45) is 7.86. The van der Waals surface area contributed by atoms with Crippen molar-refractivity contribution in [2.45, 2.75) is 37.6 Å². The van der Waals surface area contributed by atoms with E-state index in [2.05, 4.69) is 10.3 Å². The lowest BCUT2D eigenvalue weighted by Gasteiger charge is -2.37. The normalized spacial score (nSPS) is 18.7. The number of pyridine rings is 1. The Hall–Kier alpha value is -0.960. The summed E-state index contributed by atoms with van der Waals surface area (Å²) in [7, 11) is 1.63. The zero-order valence-corrected chi connectivity index (χ0v) is 11.0. The Balaban J connectivity index is 2.11. The molecular formula is C13H19ClN2O. The molecule has 0 saturated heterocycles. The van der Waals surface area contributed by atoms with Crippen LogP contribution in [0.3, 0.4) is 0 Å². The first-order valence-corrected chi connectivity index (χ1v) is 6.66. The molecule has 1 heterocycles. The van der Waals surface area contributed by atoms with Gasteiger partial charge in [0.1, 0.15) is 0 Å². The highest BCUT2D eigenvalue weighted by molar-refractivity contribution is 6.18. The van der Waals surface area contributed by atoms with Crippen molar-refractivity contribution >= 4 is 17.3 Å². The van der Waals surface area contributed by atoms with Crippen molar-refractivity contribution in [3.8, 4) is 5.88 Å². The second-order valence-electron chi connectivity index (χ2n) is 4.69. The Bertz CT molecular complexity index is 364. The third-order valence-corrected chi connectivity index (χ3v) is 3.93. The lowest BCUT2D eigenvalue weighted by molar-refractivity contribution is 0.353. The van der Waals surface area contributed by atoms with E-state index in [4.69, 9.17) is 16.3 Å². The number of nitrogens with one attached hydrogen (secondary N) is 1. The van der Waals surface area contributed by atoms with Crippen molar-refractivity contribution < 1.29 is 4.74 Å². The minimum Gasteiger partial charge on any atom is -0.481 e. The first-order valence-electron chi connectivity index (χ1n) is 6.12. The minimum atomic E-state index is 0.0478. The van der Waals surface area contributed by atoms with Crippen LogP contribution >= 0.6 is 11.6 Å². The van der Waals surface area contributed by atoms with Gasteiger partial charge in [-0.05, 0) is 18.9 Å². The predicted molar refractivity (Wildman–Crippen MR) is 70.9 cm³/mol. The largest absolute Gasteiger partial charge is 0.481 e. The van der Waals surface area contributed by atoms with Gasteiger partial charge in [0, 0.05) is 23.8 Å². The molecule has 1 aromatic rings. The van der Waals surface area contributed by atoms with Gasteiger partial charge in [-0.3, -0.25) is 0 Å². The molecule has 1 saturated carbocycles. The Morgan fingerprint density at radius 3 is 2.82 bits per heavy atom. The van der Waals surface area contributed by atoms with Crippen molar-refractivity contribution in [1.82, 2.24) is 4.98 Å². The maximum absolute atomic E-state index is 6.15. The van der Waals surface area contributed by atoms with Crippen molar-refractivity contribution in [2.75, 3.05) is 18.3 Å². The summed E-state index contributed by atoms with van der Waals surface area (Å²) in [5.74, 6) is 1.29. The summed E-state index contributed by atoms with van der Waals surface area (Å²) >= 11 is 6.15. The highest BCUT2D eigenvalue weighted by atomic mass is 35.5. The minimum absolute atomic E-state index is 0.0478. The molecule has 3 nitrogen and oxygen atoms in total. The van der Waals surface area contributed by atoms with Crippen LogP contribution in [0.25, 0.3) is 0 Å². The van der Waals surface area contributed by atoms with E-state index in [1.54, 1.807) is 13.3 Å². The molecule has 2 rings (SSSR count). The average Bonchev–Trinajstić information content (AvgIpc) is 2.40. The van der Waals surface area contributed by atoms with Crippen molar-refractivity contribution in [2.24, 2.45) is 0 Å². The van der Waals surface area contributed by atoms with Crippen LogP contribution in [0.15, 0.2) is 18.3 Å². The quantitative estimate of drug-likeness (QED) is 0.836. The van der Waals surface area contributed by atoms with E-state index < -0.39 is 0 Å². The molecule has 0 atom stereocenters. The van der Waals surface area contributed by atoms with Gasteiger partial charge in [-0.1, -0.05) is 19.3 Å². The molecule has 0 aliphatic heterocycles. The summed E-state index contributed by atoms with van der Waals surface area (Å²) in [4.78, 5) is 4.10. The SMILES string of the molecule is COc1cc(NC2(CCl)CCCCC2)ccn1. The zero-order chi connectivity index (χ0) is 12.1. The molecule has 0 radical (unpaired) electrons. The van der Waals surface area contributed by atoms with E-state index in [1.165, 1.54) is 19.3 Å². The molecule has 1 N–H and O–H groups in total. The second kappa shape index (κ2) is 5.58. The average molecular weight is 255 g/mol. The third-order valence-electron chi connectivity index (χ3n) is 3.42. The summed E-state index contributed by atoms with van der Waals surface area (Å²) in [5, 5.41) is 3.57. The Kier molecular flexibility index (Phi) is 4.11. The topological polar surface area (TPSA) is 34.1 Å². The molecule has 0 unspecified atom stereocenters. The van der Waals surface area contributed by atoms with Crippen LogP contribution in [0.2, 0.25) is 0 Å². The molecule has 1 aliphatic carbocycles. The van der Waals surface area contributed by atoms with Gasteiger partial charge in [0.25, 0.3) is 0 Å². The number of anilines is 1. The van der Waals surface area contributed by atoms with Crippen LogP contribution in [-0.2, 0) is 0 Å². The van der Waals surface area contributed by atoms with E-state index in [-0.39, 0.29) is 5.54 Å². The molecule has 0 aromatic carbocycles. The summed E-state index contributed by atoms with van der Waals surface area (Å²) in [5.41, 5.74) is 1.09. The molecule has 0 bridgehead atoms. The number of hydrogen-bond acceptors (Lipinski definition) is 3. The van der Waals surface area contributed by atoms with Crippen molar-refractivity contribution in [3.63, 3.8) is 0 Å². The molecule has 1 aliphatic rings. The molecule has 1 fully saturated rings. The number of hydrogen-bond donors (Lipinski definition) is 1. The number of alkyl halides is 1. The van der Waals surface area contributed by atoms with E-state index in [9.17, 15) is 0 Å². The van der Waals surface area contributed by atoms with Gasteiger partial charge in [0.15, 0.2) is 0 Å². The Morgan fingerprint density at radius 1 is 1.41 bits per heavy atom. The molecule has 17 heavy (non-hydrogen) atoms. The first-order chi connectivity index (χ1) is 8.28. The fourth-order valence-electron chi connectivity index (χ4n) is 2.43. The summed E-state index contributed by atoms with van der Waals surface area (Å²) in [6, 6.07) is 3.88. The Morgan fingerprint density at radius 2 is 2.18 bits per heavy atom. The van der Waals surface area contributed by atoms with Crippen LogP contribution in [0.5, 0.6) is 5.88 Å². The van der Waals surface area contributed by atoms with Crippen LogP contribution in [0.4, 0.5) is 5.69 Å². The molecule has 0 amide bonds. The zero-order valence-electron chi connectivity index (χ0n) is 10.2. The second-order valence-corrected chi connectivity index (χ2v) is 4.95. The van der Waals surface area contributed by atoms with E-state index in [1.807, 2.05) is 12.1 Å².